The van der Waals surface area contributed by atoms with Crippen molar-refractivity contribution in [3.05, 3.63) is 75.5 Å². The summed E-state index contributed by atoms with van der Waals surface area (Å²) in [7, 11) is 0. The first-order chi connectivity index (χ1) is 17.9. The Balaban J connectivity index is 1.56. The molecule has 0 unspecified atom stereocenters. The molecule has 10 heteroatoms. The second-order valence-corrected chi connectivity index (χ2v) is 9.94. The van der Waals surface area contributed by atoms with Crippen molar-refractivity contribution in [2.45, 2.75) is 44.1 Å². The molecule has 2 aromatic carbocycles. The summed E-state index contributed by atoms with van der Waals surface area (Å²) in [4.78, 5) is 21.9. The Hall–Kier alpha value is -2.98. The van der Waals surface area contributed by atoms with Crippen LogP contribution in [0, 0.1) is 11.6 Å². The first kappa shape index (κ1) is 27.1. The van der Waals surface area contributed by atoms with E-state index in [2.05, 4.69) is 31.2 Å². The van der Waals surface area contributed by atoms with E-state index in [0.29, 0.717) is 53.8 Å². The van der Waals surface area contributed by atoms with E-state index in [1.165, 1.54) is 24.3 Å². The number of amides is 1. The lowest BCUT2D eigenvalue weighted by atomic mass is 9.96. The van der Waals surface area contributed by atoms with Crippen LogP contribution in [0.5, 0.6) is 0 Å². The van der Waals surface area contributed by atoms with Crippen LogP contribution in [0.15, 0.2) is 47.1 Å². The normalized spacial score (nSPS) is 14.9. The highest BCUT2D eigenvalue weighted by atomic mass is 79.9. The average Bonchev–Trinajstić information content (AvgIpc) is 2.88. The smallest absolute Gasteiger partial charge is 0.254 e. The largest absolute Gasteiger partial charge is 0.382 e. The van der Waals surface area contributed by atoms with Gasteiger partial charge in [0.2, 0.25) is 0 Å². The van der Waals surface area contributed by atoms with E-state index in [0.717, 1.165) is 18.5 Å². The Morgan fingerprint density at radius 1 is 1.16 bits per heavy atom. The van der Waals surface area contributed by atoms with Gasteiger partial charge in [0.1, 0.15) is 23.1 Å². The third-order valence-electron chi connectivity index (χ3n) is 6.42. The highest BCUT2D eigenvalue weighted by molar-refractivity contribution is 9.10. The lowest BCUT2D eigenvalue weighted by Crippen LogP contribution is -2.29. The van der Waals surface area contributed by atoms with Crippen molar-refractivity contribution in [2.24, 2.45) is 0 Å². The van der Waals surface area contributed by atoms with Crippen LogP contribution in [0.25, 0.3) is 11.3 Å². The standard InChI is InChI=1S/C27H28BrF3N4O2/c28-19-11-18(12-20(30)14-19)23(3-1-2-8-29)35-27(36)21-5-4-17(13-22(21)31)25-26(32)33-15-24(34-25)16-6-9-37-10-7-16/h4-5,11-16,23H,1-3,6-10H2,(H2,32,33)(H,35,36)/t23-/m1/s1. The maximum Gasteiger partial charge on any atom is 0.254 e. The van der Waals surface area contributed by atoms with E-state index < -0.39 is 30.3 Å². The number of alkyl halides is 1. The number of carbonyl (C=O) groups excluding carboxylic acids is 1. The molecule has 0 aliphatic carbocycles. The molecule has 1 aliphatic heterocycles. The minimum Gasteiger partial charge on any atom is -0.382 e. The molecule has 0 spiro atoms. The van der Waals surface area contributed by atoms with Crippen LogP contribution in [0.2, 0.25) is 0 Å². The molecule has 196 valence electrons. The molecule has 0 radical (unpaired) electrons. The Morgan fingerprint density at radius 3 is 2.65 bits per heavy atom. The summed E-state index contributed by atoms with van der Waals surface area (Å²) in [5.74, 6) is -1.55. The molecule has 3 aromatic rings. The predicted molar refractivity (Wildman–Crippen MR) is 139 cm³/mol. The Kier molecular flexibility index (Phi) is 9.15. The molecule has 3 N–H and O–H groups in total. The number of carbonyl (C=O) groups is 1. The summed E-state index contributed by atoms with van der Waals surface area (Å²) in [6, 6.07) is 7.80. The van der Waals surface area contributed by atoms with Gasteiger partial charge in [0.15, 0.2) is 0 Å². The number of benzene rings is 2. The fraction of sp³-hybridized carbons (Fsp3) is 0.370. The number of nitrogen functional groups attached to an aromatic ring is 1. The van der Waals surface area contributed by atoms with E-state index in [9.17, 15) is 13.6 Å². The van der Waals surface area contributed by atoms with Gasteiger partial charge in [-0.25, -0.2) is 18.7 Å². The zero-order chi connectivity index (χ0) is 26.4. The number of ether oxygens (including phenoxy) is 1. The number of hydrogen-bond donors (Lipinski definition) is 2. The third-order valence-corrected chi connectivity index (χ3v) is 6.87. The maximum atomic E-state index is 15.2. The van der Waals surface area contributed by atoms with Gasteiger partial charge in [-0.1, -0.05) is 22.0 Å². The quantitative estimate of drug-likeness (QED) is 0.293. The van der Waals surface area contributed by atoms with Gasteiger partial charge in [-0.15, -0.1) is 0 Å². The molecular formula is C27H28BrF3N4O2. The van der Waals surface area contributed by atoms with Crippen LogP contribution in [-0.4, -0.2) is 35.8 Å². The van der Waals surface area contributed by atoms with Crippen molar-refractivity contribution in [1.82, 2.24) is 15.3 Å². The minimum absolute atomic E-state index is 0.164. The monoisotopic (exact) mass is 576 g/mol. The van der Waals surface area contributed by atoms with Crippen LogP contribution < -0.4 is 11.1 Å². The van der Waals surface area contributed by atoms with Crippen molar-refractivity contribution in [3.8, 4) is 11.3 Å². The summed E-state index contributed by atoms with van der Waals surface area (Å²) in [5.41, 5.74) is 7.90. The number of rotatable bonds is 9. The van der Waals surface area contributed by atoms with E-state index in [-0.39, 0.29) is 17.3 Å². The minimum atomic E-state index is -0.754. The number of aromatic nitrogens is 2. The zero-order valence-corrected chi connectivity index (χ0v) is 21.7. The molecule has 1 atom stereocenters. The number of nitrogens with zero attached hydrogens (tertiary/aromatic N) is 2. The van der Waals surface area contributed by atoms with Gasteiger partial charge in [-0.2, -0.15) is 0 Å². The molecule has 6 nitrogen and oxygen atoms in total. The van der Waals surface area contributed by atoms with Gasteiger partial charge < -0.3 is 15.8 Å². The fourth-order valence-electron chi connectivity index (χ4n) is 4.44. The van der Waals surface area contributed by atoms with Crippen LogP contribution in [-0.2, 0) is 4.74 Å². The van der Waals surface area contributed by atoms with E-state index in [1.807, 2.05) is 0 Å². The van der Waals surface area contributed by atoms with E-state index in [1.54, 1.807) is 18.3 Å². The first-order valence-electron chi connectivity index (χ1n) is 12.2. The number of nitrogens with one attached hydrogen (secondary N) is 1. The van der Waals surface area contributed by atoms with Gasteiger partial charge in [0.05, 0.1) is 30.2 Å². The number of halogens is 4. The maximum absolute atomic E-state index is 15.2. The van der Waals surface area contributed by atoms with Crippen molar-refractivity contribution in [3.63, 3.8) is 0 Å². The summed E-state index contributed by atoms with van der Waals surface area (Å²) >= 11 is 3.25. The number of nitrogens with two attached hydrogens (primary N) is 1. The molecular weight excluding hydrogens is 549 g/mol. The van der Waals surface area contributed by atoms with Gasteiger partial charge in [-0.3, -0.25) is 9.18 Å². The van der Waals surface area contributed by atoms with Gasteiger partial charge >= 0.3 is 0 Å². The molecule has 0 bridgehead atoms. The average molecular weight is 577 g/mol. The van der Waals surface area contributed by atoms with Crippen LogP contribution >= 0.6 is 15.9 Å². The summed E-state index contributed by atoms with van der Waals surface area (Å²) in [5, 5.41) is 2.77. The lowest BCUT2D eigenvalue weighted by Gasteiger charge is -2.22. The zero-order valence-electron chi connectivity index (χ0n) is 20.2. The summed E-state index contributed by atoms with van der Waals surface area (Å²) < 4.78 is 47.7. The van der Waals surface area contributed by atoms with Crippen LogP contribution in [0.4, 0.5) is 19.0 Å². The molecule has 37 heavy (non-hydrogen) atoms. The summed E-state index contributed by atoms with van der Waals surface area (Å²) in [6.07, 6.45) is 4.43. The topological polar surface area (TPSA) is 90.1 Å². The number of anilines is 1. The Bertz CT molecular complexity index is 1230. The Labute approximate surface area is 222 Å². The second-order valence-electron chi connectivity index (χ2n) is 9.02. The highest BCUT2D eigenvalue weighted by Gasteiger charge is 2.22. The fourth-order valence-corrected chi connectivity index (χ4v) is 4.92. The van der Waals surface area contributed by atoms with E-state index in [4.69, 9.17) is 10.5 Å². The molecule has 4 rings (SSSR count). The molecule has 1 aromatic heterocycles. The van der Waals surface area contributed by atoms with E-state index >= 15 is 4.39 Å². The SMILES string of the molecule is Nc1ncc(C2CCOCC2)nc1-c1ccc(C(=O)N[C@H](CCCCF)c2cc(F)cc(Br)c2)c(F)c1. The molecule has 1 aliphatic rings. The van der Waals surface area contributed by atoms with Gasteiger partial charge in [-0.05, 0) is 68.0 Å². The lowest BCUT2D eigenvalue weighted by molar-refractivity contribution is 0.0844. The molecule has 0 saturated carbocycles. The van der Waals surface area contributed by atoms with Crippen molar-refractivity contribution in [2.75, 3.05) is 25.6 Å². The molecule has 2 heterocycles. The summed E-state index contributed by atoms with van der Waals surface area (Å²) in [6.45, 7) is 0.795. The van der Waals surface area contributed by atoms with Crippen LogP contribution in [0.3, 0.4) is 0 Å². The number of unbranched alkanes of at least 4 members (excludes halogenated alkanes) is 1. The van der Waals surface area contributed by atoms with Crippen molar-refractivity contribution >= 4 is 27.7 Å². The first-order valence-corrected chi connectivity index (χ1v) is 13.0. The van der Waals surface area contributed by atoms with Crippen molar-refractivity contribution < 1.29 is 22.7 Å². The highest BCUT2D eigenvalue weighted by Crippen LogP contribution is 2.30. The van der Waals surface area contributed by atoms with Gasteiger partial charge in [0, 0.05) is 29.2 Å². The Morgan fingerprint density at radius 2 is 1.95 bits per heavy atom. The number of hydrogen-bond acceptors (Lipinski definition) is 5. The van der Waals surface area contributed by atoms with Gasteiger partial charge in [0.25, 0.3) is 5.91 Å². The van der Waals surface area contributed by atoms with Crippen LogP contribution in [0.1, 0.15) is 65.7 Å². The van der Waals surface area contributed by atoms with Crippen molar-refractivity contribution in [1.29, 1.82) is 0 Å². The molecule has 1 saturated heterocycles. The molecule has 1 fully saturated rings. The third kappa shape index (κ3) is 6.87. The second kappa shape index (κ2) is 12.5. The molecule has 1 amide bonds. The predicted octanol–water partition coefficient (Wildman–Crippen LogP) is 6.27.